The third kappa shape index (κ3) is 4.82. The molecule has 0 atom stereocenters. The highest BCUT2D eigenvalue weighted by Crippen LogP contribution is 2.33. The fourth-order valence-electron chi connectivity index (χ4n) is 2.91. The van der Waals surface area contributed by atoms with Crippen molar-refractivity contribution in [2.24, 2.45) is 0 Å². The summed E-state index contributed by atoms with van der Waals surface area (Å²) >= 11 is 0. The molecule has 1 heterocycles. The normalized spacial score (nSPS) is 12.2. The molecule has 1 aliphatic heterocycles. The van der Waals surface area contributed by atoms with E-state index in [2.05, 4.69) is 4.74 Å². The zero-order valence-electron chi connectivity index (χ0n) is 15.6. The van der Waals surface area contributed by atoms with Gasteiger partial charge in [-0.3, -0.25) is 4.79 Å². The maximum atomic E-state index is 12.5. The van der Waals surface area contributed by atoms with Crippen LogP contribution >= 0.6 is 0 Å². The number of aryl methyl sites for hydroxylation is 1. The van der Waals surface area contributed by atoms with Gasteiger partial charge in [0.15, 0.2) is 23.0 Å². The molecule has 0 radical (unpaired) electrons. The number of hydrogen-bond acceptors (Lipinski definition) is 5. The Balaban J connectivity index is 1.58. The second-order valence-corrected chi connectivity index (χ2v) is 6.30. The molecular formula is C20H21F2NO5. The van der Waals surface area contributed by atoms with Crippen molar-refractivity contribution in [3.63, 3.8) is 0 Å². The van der Waals surface area contributed by atoms with Gasteiger partial charge in [-0.1, -0.05) is 12.1 Å². The number of ether oxygens (including phenoxy) is 4. The second kappa shape index (κ2) is 8.77. The van der Waals surface area contributed by atoms with Gasteiger partial charge in [0.25, 0.3) is 0 Å². The SMILES string of the molecule is COc1ccc(CN(C)C(=O)CCc2ccc3c(c2)OCO3)cc1OC(F)F. The minimum atomic E-state index is -2.95. The number of methoxy groups -OCH3 is 1. The number of carbonyl (C=O) groups is 1. The molecule has 8 heteroatoms. The van der Waals surface area contributed by atoms with Gasteiger partial charge in [-0.2, -0.15) is 8.78 Å². The molecule has 0 N–H and O–H groups in total. The van der Waals surface area contributed by atoms with E-state index in [1.54, 1.807) is 18.0 Å². The van der Waals surface area contributed by atoms with Gasteiger partial charge < -0.3 is 23.8 Å². The van der Waals surface area contributed by atoms with Gasteiger partial charge >= 0.3 is 6.61 Å². The van der Waals surface area contributed by atoms with Crippen LogP contribution in [0, 0.1) is 0 Å². The van der Waals surface area contributed by atoms with E-state index >= 15 is 0 Å². The summed E-state index contributed by atoms with van der Waals surface area (Å²) in [5, 5.41) is 0. The fraction of sp³-hybridized carbons (Fsp3) is 0.350. The van der Waals surface area contributed by atoms with E-state index in [0.717, 1.165) is 5.56 Å². The monoisotopic (exact) mass is 393 g/mol. The van der Waals surface area contributed by atoms with E-state index in [-0.39, 0.29) is 30.7 Å². The van der Waals surface area contributed by atoms with Crippen molar-refractivity contribution in [3.8, 4) is 23.0 Å². The lowest BCUT2D eigenvalue weighted by Crippen LogP contribution is -2.26. The largest absolute Gasteiger partial charge is 0.493 e. The molecule has 0 fully saturated rings. The van der Waals surface area contributed by atoms with Crippen molar-refractivity contribution in [1.29, 1.82) is 0 Å². The predicted molar refractivity (Wildman–Crippen MR) is 97.0 cm³/mol. The zero-order valence-corrected chi connectivity index (χ0v) is 15.6. The summed E-state index contributed by atoms with van der Waals surface area (Å²) in [5.74, 6) is 1.47. The average Bonchev–Trinajstić information content (AvgIpc) is 3.13. The molecule has 28 heavy (non-hydrogen) atoms. The Morgan fingerprint density at radius 2 is 1.86 bits per heavy atom. The summed E-state index contributed by atoms with van der Waals surface area (Å²) in [6.45, 7) is -2.48. The van der Waals surface area contributed by atoms with Crippen LogP contribution in [0.25, 0.3) is 0 Å². The molecule has 0 bridgehead atoms. The molecule has 2 aromatic carbocycles. The predicted octanol–water partition coefficient (Wildman–Crippen LogP) is 3.62. The molecule has 0 aromatic heterocycles. The maximum absolute atomic E-state index is 12.5. The summed E-state index contributed by atoms with van der Waals surface area (Å²) < 4.78 is 45.2. The molecule has 1 aliphatic rings. The Kier molecular flexibility index (Phi) is 6.18. The van der Waals surface area contributed by atoms with Gasteiger partial charge in [0.05, 0.1) is 7.11 Å². The molecule has 0 aliphatic carbocycles. The highest BCUT2D eigenvalue weighted by Gasteiger charge is 2.16. The van der Waals surface area contributed by atoms with Crippen LogP contribution < -0.4 is 18.9 Å². The third-order valence-electron chi connectivity index (χ3n) is 4.35. The van der Waals surface area contributed by atoms with E-state index in [9.17, 15) is 13.6 Å². The van der Waals surface area contributed by atoms with Crippen LogP contribution in [0.3, 0.4) is 0 Å². The first kappa shape index (κ1) is 19.7. The zero-order chi connectivity index (χ0) is 20.1. The van der Waals surface area contributed by atoms with E-state index in [1.807, 2.05) is 18.2 Å². The topological polar surface area (TPSA) is 57.2 Å². The Bertz CT molecular complexity index is 843. The molecule has 2 aromatic rings. The molecule has 3 rings (SSSR count). The fourth-order valence-corrected chi connectivity index (χ4v) is 2.91. The highest BCUT2D eigenvalue weighted by atomic mass is 19.3. The summed E-state index contributed by atoms with van der Waals surface area (Å²) in [6, 6.07) is 10.3. The maximum Gasteiger partial charge on any atom is 0.387 e. The van der Waals surface area contributed by atoms with Crippen LogP contribution in [0.15, 0.2) is 36.4 Å². The smallest absolute Gasteiger partial charge is 0.387 e. The van der Waals surface area contributed by atoms with Gasteiger partial charge in [0.1, 0.15) is 0 Å². The summed E-state index contributed by atoms with van der Waals surface area (Å²) in [5.41, 5.74) is 1.64. The minimum Gasteiger partial charge on any atom is -0.493 e. The first-order valence-corrected chi connectivity index (χ1v) is 8.70. The Labute approximate surface area is 161 Å². The quantitative estimate of drug-likeness (QED) is 0.686. The Morgan fingerprint density at radius 3 is 2.61 bits per heavy atom. The second-order valence-electron chi connectivity index (χ2n) is 6.30. The van der Waals surface area contributed by atoms with Crippen molar-refractivity contribution < 1.29 is 32.5 Å². The molecule has 6 nitrogen and oxygen atoms in total. The molecule has 0 saturated carbocycles. The number of nitrogens with zero attached hydrogens (tertiary/aromatic N) is 1. The summed E-state index contributed by atoms with van der Waals surface area (Å²) in [7, 11) is 3.04. The number of benzene rings is 2. The highest BCUT2D eigenvalue weighted by molar-refractivity contribution is 5.76. The van der Waals surface area contributed by atoms with E-state index in [0.29, 0.717) is 29.9 Å². The van der Waals surface area contributed by atoms with Crippen LogP contribution in [0.5, 0.6) is 23.0 Å². The average molecular weight is 393 g/mol. The van der Waals surface area contributed by atoms with Gasteiger partial charge in [-0.15, -0.1) is 0 Å². The lowest BCUT2D eigenvalue weighted by Gasteiger charge is -2.18. The molecule has 150 valence electrons. The van der Waals surface area contributed by atoms with E-state index in [4.69, 9.17) is 14.2 Å². The van der Waals surface area contributed by atoms with Crippen molar-refractivity contribution in [1.82, 2.24) is 4.90 Å². The van der Waals surface area contributed by atoms with Crippen LogP contribution in [-0.4, -0.2) is 38.4 Å². The Hall–Kier alpha value is -3.03. The van der Waals surface area contributed by atoms with Gasteiger partial charge in [0.2, 0.25) is 12.7 Å². The minimum absolute atomic E-state index is 0.0591. The van der Waals surface area contributed by atoms with Gasteiger partial charge in [-0.25, -0.2) is 0 Å². The van der Waals surface area contributed by atoms with Crippen LogP contribution in [0.2, 0.25) is 0 Å². The lowest BCUT2D eigenvalue weighted by molar-refractivity contribution is -0.130. The molecule has 0 spiro atoms. The van der Waals surface area contributed by atoms with Crippen LogP contribution in [-0.2, 0) is 17.8 Å². The summed E-state index contributed by atoms with van der Waals surface area (Å²) in [4.78, 5) is 14.0. The number of alkyl halides is 2. The molecule has 0 saturated heterocycles. The first-order valence-electron chi connectivity index (χ1n) is 8.70. The number of hydrogen-bond donors (Lipinski definition) is 0. The number of carbonyl (C=O) groups excluding carboxylic acids is 1. The van der Waals surface area contributed by atoms with Gasteiger partial charge in [0, 0.05) is 20.0 Å². The molecule has 0 unspecified atom stereocenters. The van der Waals surface area contributed by atoms with Crippen molar-refractivity contribution in [3.05, 3.63) is 47.5 Å². The molecule has 1 amide bonds. The van der Waals surface area contributed by atoms with Crippen molar-refractivity contribution in [2.45, 2.75) is 26.0 Å². The number of amides is 1. The summed E-state index contributed by atoms with van der Waals surface area (Å²) in [6.07, 6.45) is 0.870. The van der Waals surface area contributed by atoms with Crippen LogP contribution in [0.1, 0.15) is 17.5 Å². The lowest BCUT2D eigenvalue weighted by atomic mass is 10.1. The number of fused-ring (bicyclic) bond motifs is 1. The number of rotatable bonds is 8. The standard InChI is InChI=1S/C20H21F2NO5/c1-23(11-14-4-6-15(25-2)18(10-14)28-20(21)22)19(24)8-5-13-3-7-16-17(9-13)27-12-26-16/h3-4,6-7,9-10,20H,5,8,11-12H2,1-2H3. The first-order chi connectivity index (χ1) is 13.5. The van der Waals surface area contributed by atoms with E-state index < -0.39 is 6.61 Å². The van der Waals surface area contributed by atoms with E-state index in [1.165, 1.54) is 19.2 Å². The third-order valence-corrected chi connectivity index (χ3v) is 4.35. The van der Waals surface area contributed by atoms with Gasteiger partial charge in [-0.05, 0) is 41.8 Å². The Morgan fingerprint density at radius 1 is 1.11 bits per heavy atom. The van der Waals surface area contributed by atoms with Crippen LogP contribution in [0.4, 0.5) is 8.78 Å². The van der Waals surface area contributed by atoms with Crippen molar-refractivity contribution in [2.75, 3.05) is 21.0 Å². The number of halogens is 2. The van der Waals surface area contributed by atoms with Crippen molar-refractivity contribution >= 4 is 5.91 Å². The molecular weight excluding hydrogens is 372 g/mol.